The molecule has 1 aromatic rings. The van der Waals surface area contributed by atoms with Gasteiger partial charge in [-0.1, -0.05) is 12.1 Å². The van der Waals surface area contributed by atoms with Crippen LogP contribution in [0, 0.1) is 17.7 Å². The van der Waals surface area contributed by atoms with E-state index in [0.29, 0.717) is 12.5 Å². The molecule has 26 heavy (non-hydrogen) atoms. The molecule has 0 aromatic heterocycles. The third-order valence-corrected chi connectivity index (χ3v) is 5.14. The number of nitrogens with zero attached hydrogens (tertiary/aromatic N) is 1. The summed E-state index contributed by atoms with van der Waals surface area (Å²) < 4.78 is 13.3. The second-order valence-corrected chi connectivity index (χ2v) is 7.16. The van der Waals surface area contributed by atoms with Gasteiger partial charge in [-0.15, -0.1) is 24.8 Å². The fourth-order valence-electron chi connectivity index (χ4n) is 3.79. The van der Waals surface area contributed by atoms with Crippen LogP contribution >= 0.6 is 24.8 Å². The van der Waals surface area contributed by atoms with Crippen molar-refractivity contribution in [2.24, 2.45) is 11.8 Å². The summed E-state index contributed by atoms with van der Waals surface area (Å²) in [4.78, 5) is 14.7. The molecule has 0 spiro atoms. The largest absolute Gasteiger partial charge is 0.355 e. The monoisotopic (exact) mass is 405 g/mol. The zero-order chi connectivity index (χ0) is 16.8. The van der Waals surface area contributed by atoms with Crippen LogP contribution in [-0.4, -0.2) is 43.5 Å². The summed E-state index contributed by atoms with van der Waals surface area (Å²) in [5.74, 6) is 0.614. The van der Waals surface area contributed by atoms with Crippen molar-refractivity contribution in [3.63, 3.8) is 0 Å². The highest BCUT2D eigenvalue weighted by molar-refractivity contribution is 5.85. The fraction of sp³-hybridized carbons (Fsp3) is 0.632. The predicted molar refractivity (Wildman–Crippen MR) is 108 cm³/mol. The number of hydrogen-bond acceptors (Lipinski definition) is 3. The highest BCUT2D eigenvalue weighted by atomic mass is 35.5. The number of nitrogens with one attached hydrogen (secondary N) is 2. The Hall–Kier alpha value is -0.880. The summed E-state index contributed by atoms with van der Waals surface area (Å²) in [6.45, 7) is 5.36. The molecule has 2 atom stereocenters. The normalized spacial score (nSPS) is 23.4. The Kier molecular flexibility index (Phi) is 10.5. The number of hydrogen-bond donors (Lipinski definition) is 2. The molecule has 2 N–H and O–H groups in total. The van der Waals surface area contributed by atoms with Crippen LogP contribution in [0.5, 0.6) is 0 Å². The number of rotatable bonds is 5. The molecule has 0 saturated carbocycles. The molecule has 1 aromatic carbocycles. The first kappa shape index (κ1) is 23.2. The molecule has 3 rings (SSSR count). The molecule has 0 aliphatic carbocycles. The number of piperidine rings is 2. The molecule has 2 unspecified atom stereocenters. The van der Waals surface area contributed by atoms with Gasteiger partial charge in [0, 0.05) is 19.6 Å². The number of likely N-dealkylation sites (tertiary alicyclic amines) is 1. The molecule has 2 saturated heterocycles. The van der Waals surface area contributed by atoms with Gasteiger partial charge in [0.05, 0.1) is 5.92 Å². The smallest absolute Gasteiger partial charge is 0.224 e. The van der Waals surface area contributed by atoms with Crippen LogP contribution in [0.15, 0.2) is 24.3 Å². The van der Waals surface area contributed by atoms with E-state index in [9.17, 15) is 9.18 Å². The summed E-state index contributed by atoms with van der Waals surface area (Å²) in [6.07, 6.45) is 4.38. The van der Waals surface area contributed by atoms with Crippen molar-refractivity contribution >= 4 is 30.7 Å². The van der Waals surface area contributed by atoms with E-state index in [1.165, 1.54) is 18.9 Å². The molecule has 2 fully saturated rings. The van der Waals surface area contributed by atoms with E-state index < -0.39 is 0 Å². The van der Waals surface area contributed by atoms with Gasteiger partial charge in [0.2, 0.25) is 5.91 Å². The highest BCUT2D eigenvalue weighted by Crippen LogP contribution is 2.19. The zero-order valence-corrected chi connectivity index (χ0v) is 16.7. The van der Waals surface area contributed by atoms with Crippen molar-refractivity contribution in [2.75, 3.05) is 32.7 Å². The molecule has 2 heterocycles. The van der Waals surface area contributed by atoms with Crippen LogP contribution in [0.4, 0.5) is 4.39 Å². The Balaban J connectivity index is 0.00000169. The molecule has 7 heteroatoms. The van der Waals surface area contributed by atoms with Crippen molar-refractivity contribution in [3.05, 3.63) is 35.6 Å². The molecular formula is C19H30Cl2FN3O. The van der Waals surface area contributed by atoms with Crippen molar-refractivity contribution in [1.29, 1.82) is 0 Å². The van der Waals surface area contributed by atoms with Gasteiger partial charge >= 0.3 is 0 Å². The van der Waals surface area contributed by atoms with E-state index in [-0.39, 0.29) is 42.5 Å². The predicted octanol–water partition coefficient (Wildman–Crippen LogP) is 3.00. The third kappa shape index (κ3) is 7.03. The van der Waals surface area contributed by atoms with Crippen LogP contribution in [0.25, 0.3) is 0 Å². The third-order valence-electron chi connectivity index (χ3n) is 5.14. The van der Waals surface area contributed by atoms with Gasteiger partial charge in [-0.05, 0) is 68.9 Å². The van der Waals surface area contributed by atoms with E-state index in [4.69, 9.17) is 0 Å². The molecule has 148 valence electrons. The molecule has 1 amide bonds. The summed E-state index contributed by atoms with van der Waals surface area (Å²) in [7, 11) is 0. The van der Waals surface area contributed by atoms with Crippen molar-refractivity contribution < 1.29 is 9.18 Å². The van der Waals surface area contributed by atoms with E-state index in [2.05, 4.69) is 15.5 Å². The minimum atomic E-state index is -0.195. The second kappa shape index (κ2) is 11.8. The fourth-order valence-corrected chi connectivity index (χ4v) is 3.79. The lowest BCUT2D eigenvalue weighted by Crippen LogP contribution is -2.45. The first-order valence-corrected chi connectivity index (χ1v) is 9.16. The number of halogens is 3. The van der Waals surface area contributed by atoms with E-state index in [0.717, 1.165) is 51.1 Å². The maximum atomic E-state index is 13.3. The molecule has 0 bridgehead atoms. The number of carbonyl (C=O) groups excluding carboxylic acids is 1. The maximum absolute atomic E-state index is 13.3. The standard InChI is InChI=1S/C19H28FN3O.2ClH/c20-18-7-1-4-15(10-18)13-23-9-3-6-17(14-23)19(24)22-12-16-5-2-8-21-11-16;;/h1,4,7,10,16-17,21H,2-3,5-6,8-9,11-14H2,(H,22,24);2*1H. The van der Waals surface area contributed by atoms with Gasteiger partial charge in [0.1, 0.15) is 5.82 Å². The second-order valence-electron chi connectivity index (χ2n) is 7.16. The summed E-state index contributed by atoms with van der Waals surface area (Å²) >= 11 is 0. The van der Waals surface area contributed by atoms with E-state index in [1.54, 1.807) is 12.1 Å². The number of amides is 1. The zero-order valence-electron chi connectivity index (χ0n) is 15.1. The quantitative estimate of drug-likeness (QED) is 0.790. The Bertz CT molecular complexity index is 555. The Morgan fingerprint density at radius 2 is 2.12 bits per heavy atom. The van der Waals surface area contributed by atoms with Crippen molar-refractivity contribution in [3.8, 4) is 0 Å². The maximum Gasteiger partial charge on any atom is 0.224 e. The lowest BCUT2D eigenvalue weighted by Gasteiger charge is -2.32. The average Bonchev–Trinajstić information content (AvgIpc) is 2.61. The van der Waals surface area contributed by atoms with Crippen LogP contribution in [0.3, 0.4) is 0 Å². The Labute approximate surface area is 168 Å². The lowest BCUT2D eigenvalue weighted by molar-refractivity contribution is -0.127. The summed E-state index contributed by atoms with van der Waals surface area (Å²) in [5.41, 5.74) is 0.976. The van der Waals surface area contributed by atoms with Gasteiger partial charge in [-0.25, -0.2) is 4.39 Å². The molecule has 2 aliphatic heterocycles. The Morgan fingerprint density at radius 1 is 1.27 bits per heavy atom. The first-order chi connectivity index (χ1) is 11.7. The minimum absolute atomic E-state index is 0. The lowest BCUT2D eigenvalue weighted by atomic mass is 9.95. The molecule has 0 radical (unpaired) electrons. The molecular weight excluding hydrogens is 376 g/mol. The van der Waals surface area contributed by atoms with Crippen LogP contribution in [0.1, 0.15) is 31.2 Å². The number of carbonyl (C=O) groups is 1. The highest BCUT2D eigenvalue weighted by Gasteiger charge is 2.26. The van der Waals surface area contributed by atoms with Gasteiger partial charge in [0.25, 0.3) is 0 Å². The first-order valence-electron chi connectivity index (χ1n) is 9.16. The molecule has 4 nitrogen and oxygen atoms in total. The van der Waals surface area contributed by atoms with Gasteiger partial charge < -0.3 is 10.6 Å². The number of benzene rings is 1. The molecule has 2 aliphatic rings. The van der Waals surface area contributed by atoms with Crippen LogP contribution < -0.4 is 10.6 Å². The van der Waals surface area contributed by atoms with Gasteiger partial charge in [-0.2, -0.15) is 0 Å². The van der Waals surface area contributed by atoms with Crippen LogP contribution in [-0.2, 0) is 11.3 Å². The minimum Gasteiger partial charge on any atom is -0.355 e. The van der Waals surface area contributed by atoms with Crippen molar-refractivity contribution in [2.45, 2.75) is 32.2 Å². The van der Waals surface area contributed by atoms with Gasteiger partial charge in [-0.3, -0.25) is 9.69 Å². The summed E-state index contributed by atoms with van der Waals surface area (Å²) in [6, 6.07) is 6.75. The SMILES string of the molecule is Cl.Cl.O=C(NCC1CCCNC1)C1CCCN(Cc2cccc(F)c2)C1. The van der Waals surface area contributed by atoms with Gasteiger partial charge in [0.15, 0.2) is 0 Å². The van der Waals surface area contributed by atoms with Crippen LogP contribution in [0.2, 0.25) is 0 Å². The summed E-state index contributed by atoms with van der Waals surface area (Å²) in [5, 5.41) is 6.54. The topological polar surface area (TPSA) is 44.4 Å². The van der Waals surface area contributed by atoms with E-state index in [1.807, 2.05) is 6.07 Å². The van der Waals surface area contributed by atoms with E-state index >= 15 is 0 Å². The average molecular weight is 406 g/mol. The Morgan fingerprint density at radius 3 is 2.85 bits per heavy atom. The van der Waals surface area contributed by atoms with Crippen molar-refractivity contribution in [1.82, 2.24) is 15.5 Å².